The van der Waals surface area contributed by atoms with Gasteiger partial charge in [-0.15, -0.1) is 0 Å². The summed E-state index contributed by atoms with van der Waals surface area (Å²) >= 11 is 1.32. The van der Waals surface area contributed by atoms with Gasteiger partial charge in [0.25, 0.3) is 5.56 Å². The second-order valence-electron chi connectivity index (χ2n) is 6.58. The first kappa shape index (κ1) is 20.9. The van der Waals surface area contributed by atoms with E-state index in [2.05, 4.69) is 5.32 Å². The number of benzene rings is 2. The van der Waals surface area contributed by atoms with Gasteiger partial charge >= 0.3 is 0 Å². The maximum absolute atomic E-state index is 12.6. The first-order valence-corrected chi connectivity index (χ1v) is 10.6. The number of fused-ring (bicyclic) bond motifs is 1. The number of aromatic nitrogens is 1. The number of nitrogens with zero attached hydrogens (tertiary/aromatic N) is 1. The van der Waals surface area contributed by atoms with E-state index >= 15 is 0 Å². The first-order chi connectivity index (χ1) is 14.0. The van der Waals surface area contributed by atoms with Gasteiger partial charge in [-0.25, -0.2) is 0 Å². The van der Waals surface area contributed by atoms with Gasteiger partial charge in [-0.2, -0.15) is 0 Å². The normalized spacial score (nSPS) is 12.0. The molecule has 1 atom stereocenters. The molecule has 0 aliphatic rings. The van der Waals surface area contributed by atoms with E-state index in [0.29, 0.717) is 37.3 Å². The lowest BCUT2D eigenvalue weighted by molar-refractivity contribution is -0.123. The van der Waals surface area contributed by atoms with Crippen molar-refractivity contribution in [2.75, 3.05) is 19.8 Å². The number of hydrogen-bond acceptors (Lipinski definition) is 5. The first-order valence-electron chi connectivity index (χ1n) is 9.82. The van der Waals surface area contributed by atoms with Gasteiger partial charge in [0, 0.05) is 6.54 Å². The molecule has 0 saturated carbocycles. The molecule has 0 spiro atoms. The van der Waals surface area contributed by atoms with Gasteiger partial charge in [-0.3, -0.25) is 13.5 Å². The molecule has 7 heteroatoms. The molecule has 0 radical (unpaired) electrons. The Balaban J connectivity index is 1.62. The summed E-state index contributed by atoms with van der Waals surface area (Å²) in [5.74, 6) is 1.26. The van der Waals surface area contributed by atoms with E-state index in [1.807, 2.05) is 50.2 Å². The average Bonchev–Trinajstić information content (AvgIpc) is 3.06. The Kier molecular flexibility index (Phi) is 6.93. The predicted molar refractivity (Wildman–Crippen MR) is 116 cm³/mol. The molecular weight excluding hydrogens is 388 g/mol. The fourth-order valence-electron chi connectivity index (χ4n) is 3.08. The van der Waals surface area contributed by atoms with E-state index in [9.17, 15) is 9.59 Å². The van der Waals surface area contributed by atoms with Gasteiger partial charge in [-0.1, -0.05) is 29.7 Å². The molecule has 0 aliphatic carbocycles. The molecule has 1 amide bonds. The Morgan fingerprint density at radius 2 is 1.83 bits per heavy atom. The Labute approximate surface area is 174 Å². The topological polar surface area (TPSA) is 69.6 Å². The lowest BCUT2D eigenvalue weighted by Gasteiger charge is -2.14. The maximum Gasteiger partial charge on any atom is 0.269 e. The molecule has 29 heavy (non-hydrogen) atoms. The number of rotatable bonds is 9. The second kappa shape index (κ2) is 9.60. The van der Waals surface area contributed by atoms with Gasteiger partial charge in [0.2, 0.25) is 5.91 Å². The Bertz CT molecular complexity index is 1040. The Morgan fingerprint density at radius 3 is 2.55 bits per heavy atom. The Morgan fingerprint density at radius 1 is 1.10 bits per heavy atom. The quantitative estimate of drug-likeness (QED) is 0.579. The molecule has 1 unspecified atom stereocenters. The van der Waals surface area contributed by atoms with Crippen molar-refractivity contribution in [1.29, 1.82) is 0 Å². The molecule has 0 fully saturated rings. The molecule has 0 saturated heterocycles. The van der Waals surface area contributed by atoms with Crippen LogP contribution in [0, 0.1) is 0 Å². The van der Waals surface area contributed by atoms with Gasteiger partial charge in [-0.05, 0) is 57.0 Å². The summed E-state index contributed by atoms with van der Waals surface area (Å²) in [4.78, 5) is 25.1. The van der Waals surface area contributed by atoms with Gasteiger partial charge < -0.3 is 14.8 Å². The summed E-state index contributed by atoms with van der Waals surface area (Å²) in [6, 6.07) is 12.7. The third-order valence-electron chi connectivity index (χ3n) is 4.57. The SMILES string of the molecule is CCOc1ccc(CCNC(=O)C(C)n2sc3ccccc3c2=O)cc1OCC. The Hall–Kier alpha value is -2.80. The minimum atomic E-state index is -0.556. The summed E-state index contributed by atoms with van der Waals surface area (Å²) in [5, 5.41) is 3.58. The van der Waals surface area contributed by atoms with Crippen LogP contribution in [0.2, 0.25) is 0 Å². The van der Waals surface area contributed by atoms with Crippen LogP contribution in [0.25, 0.3) is 10.1 Å². The van der Waals surface area contributed by atoms with E-state index in [-0.39, 0.29) is 11.5 Å². The van der Waals surface area contributed by atoms with Crippen molar-refractivity contribution < 1.29 is 14.3 Å². The van der Waals surface area contributed by atoms with E-state index in [4.69, 9.17) is 9.47 Å². The van der Waals surface area contributed by atoms with Crippen molar-refractivity contribution in [3.8, 4) is 11.5 Å². The van der Waals surface area contributed by atoms with Crippen LogP contribution in [0.5, 0.6) is 11.5 Å². The summed E-state index contributed by atoms with van der Waals surface area (Å²) in [5.41, 5.74) is 0.921. The van der Waals surface area contributed by atoms with E-state index < -0.39 is 6.04 Å². The standard InChI is InChI=1S/C22H26N2O4S/c1-4-27-18-11-10-16(14-19(18)28-5-2)12-13-23-21(25)15(3)24-22(26)17-8-6-7-9-20(17)29-24/h6-11,14-15H,4-5,12-13H2,1-3H3,(H,23,25). The average molecular weight is 415 g/mol. The number of carbonyl (C=O) groups is 1. The van der Waals surface area contributed by atoms with Crippen molar-refractivity contribution in [2.45, 2.75) is 33.2 Å². The van der Waals surface area contributed by atoms with Crippen molar-refractivity contribution in [1.82, 2.24) is 9.27 Å². The molecule has 0 aliphatic heterocycles. The van der Waals surface area contributed by atoms with Crippen LogP contribution in [0.15, 0.2) is 47.3 Å². The van der Waals surface area contributed by atoms with Crippen LogP contribution in [0.4, 0.5) is 0 Å². The summed E-state index contributed by atoms with van der Waals surface area (Å²) in [6.45, 7) is 7.22. The highest BCUT2D eigenvalue weighted by Crippen LogP contribution is 2.28. The summed E-state index contributed by atoms with van der Waals surface area (Å²) < 4.78 is 13.6. The van der Waals surface area contributed by atoms with Crippen LogP contribution in [0.1, 0.15) is 32.4 Å². The van der Waals surface area contributed by atoms with Gasteiger partial charge in [0.05, 0.1) is 23.3 Å². The lowest BCUT2D eigenvalue weighted by atomic mass is 10.1. The van der Waals surface area contributed by atoms with Crippen LogP contribution < -0.4 is 20.3 Å². The molecule has 1 N–H and O–H groups in total. The van der Waals surface area contributed by atoms with Crippen molar-refractivity contribution in [3.63, 3.8) is 0 Å². The molecule has 1 aromatic heterocycles. The summed E-state index contributed by atoms with van der Waals surface area (Å²) in [7, 11) is 0. The molecule has 154 valence electrons. The predicted octanol–water partition coefficient (Wildman–Crippen LogP) is 3.78. The van der Waals surface area contributed by atoms with Crippen LogP contribution in [-0.2, 0) is 11.2 Å². The highest BCUT2D eigenvalue weighted by molar-refractivity contribution is 7.14. The number of amides is 1. The van der Waals surface area contributed by atoms with E-state index in [0.717, 1.165) is 16.0 Å². The zero-order valence-electron chi connectivity index (χ0n) is 16.9. The van der Waals surface area contributed by atoms with Crippen molar-refractivity contribution >= 4 is 27.5 Å². The third kappa shape index (κ3) is 4.79. The molecule has 0 bridgehead atoms. The largest absolute Gasteiger partial charge is 0.490 e. The molecule has 6 nitrogen and oxygen atoms in total. The monoisotopic (exact) mass is 414 g/mol. The zero-order valence-corrected chi connectivity index (χ0v) is 17.8. The molecular formula is C22H26N2O4S. The zero-order chi connectivity index (χ0) is 20.8. The van der Waals surface area contributed by atoms with Crippen LogP contribution >= 0.6 is 11.5 Å². The van der Waals surface area contributed by atoms with Gasteiger partial charge in [0.1, 0.15) is 6.04 Å². The smallest absolute Gasteiger partial charge is 0.269 e. The van der Waals surface area contributed by atoms with E-state index in [1.54, 1.807) is 13.0 Å². The molecule has 3 rings (SSSR count). The van der Waals surface area contributed by atoms with Crippen molar-refractivity contribution in [2.24, 2.45) is 0 Å². The fraction of sp³-hybridized carbons (Fsp3) is 0.364. The minimum Gasteiger partial charge on any atom is -0.490 e. The number of hydrogen-bond donors (Lipinski definition) is 1. The molecule has 2 aromatic carbocycles. The second-order valence-corrected chi connectivity index (χ2v) is 7.60. The number of nitrogens with one attached hydrogen (secondary N) is 1. The minimum absolute atomic E-state index is 0.124. The molecule has 3 aromatic rings. The van der Waals surface area contributed by atoms with Crippen LogP contribution in [-0.4, -0.2) is 29.6 Å². The number of carbonyl (C=O) groups excluding carboxylic acids is 1. The highest BCUT2D eigenvalue weighted by Gasteiger charge is 2.19. The molecule has 1 heterocycles. The fourth-order valence-corrected chi connectivity index (χ4v) is 4.12. The lowest BCUT2D eigenvalue weighted by Crippen LogP contribution is -2.34. The summed E-state index contributed by atoms with van der Waals surface area (Å²) in [6.07, 6.45) is 0.659. The third-order valence-corrected chi connectivity index (χ3v) is 5.80. The van der Waals surface area contributed by atoms with Crippen molar-refractivity contribution in [3.05, 3.63) is 58.4 Å². The highest BCUT2D eigenvalue weighted by atomic mass is 32.1. The van der Waals surface area contributed by atoms with Gasteiger partial charge in [0.15, 0.2) is 11.5 Å². The maximum atomic E-state index is 12.6. The number of ether oxygens (including phenoxy) is 2. The van der Waals surface area contributed by atoms with E-state index in [1.165, 1.54) is 15.5 Å². The van der Waals surface area contributed by atoms with Crippen LogP contribution in [0.3, 0.4) is 0 Å².